The minimum absolute atomic E-state index is 1.14. The minimum Gasteiger partial charge on any atom is -0.328 e. The molecule has 2 aromatic carbocycles. The summed E-state index contributed by atoms with van der Waals surface area (Å²) in [6, 6.07) is 20.4. The van der Waals surface area contributed by atoms with Crippen molar-refractivity contribution in [1.82, 2.24) is 4.65 Å². The summed E-state index contributed by atoms with van der Waals surface area (Å²) >= 11 is 13.5. The summed E-state index contributed by atoms with van der Waals surface area (Å²) in [5, 5.41) is 2.29. The number of halogens is 2. The van der Waals surface area contributed by atoms with Gasteiger partial charge in [-0.3, -0.25) is 0 Å². The van der Waals surface area contributed by atoms with Crippen LogP contribution in [0.3, 0.4) is 0 Å². The molecule has 1 N–H and O–H groups in total. The first-order valence-corrected chi connectivity index (χ1v) is 13.2. The first-order chi connectivity index (χ1) is 8.92. The summed E-state index contributed by atoms with van der Waals surface area (Å²) in [5.74, 6) is 0. The Labute approximate surface area is 126 Å². The van der Waals surface area contributed by atoms with E-state index in [9.17, 15) is 0 Å². The largest absolute Gasteiger partial charge is 0.328 e. The number of hydrogen-bond donors (Lipinski definition) is 1. The number of rotatable bonds is 4. The van der Waals surface area contributed by atoms with Gasteiger partial charge >= 0.3 is 0 Å². The second-order valence-corrected chi connectivity index (χ2v) is 15.9. The Morgan fingerprint density at radius 2 is 1.11 bits per heavy atom. The fourth-order valence-corrected chi connectivity index (χ4v) is 12.7. The smallest absolute Gasteiger partial charge is 0.283 e. The second-order valence-electron chi connectivity index (χ2n) is 4.99. The maximum Gasteiger partial charge on any atom is 0.283 e. The van der Waals surface area contributed by atoms with Crippen LogP contribution in [-0.4, -0.2) is 15.1 Å². The molecular formula is C14H17Cl2NSi2. The lowest BCUT2D eigenvalue weighted by Crippen LogP contribution is -2.70. The molecule has 0 saturated heterocycles. The Kier molecular flexibility index (Phi) is 4.53. The van der Waals surface area contributed by atoms with E-state index in [0.717, 1.165) is 10.4 Å². The van der Waals surface area contributed by atoms with Gasteiger partial charge in [-0.2, -0.15) is 0 Å². The number of hydrogen-bond acceptors (Lipinski definition) is 1. The summed E-state index contributed by atoms with van der Waals surface area (Å²) in [6.45, 7) is 4.12. The Hall–Kier alpha value is -0.586. The van der Waals surface area contributed by atoms with E-state index in [2.05, 4.69) is 42.0 Å². The standard InChI is InChI=1S/C14H17Cl2NSi2/c1-18(2,15)17-19(16,13-9-5-3-6-10-13)14-11-7-4-8-12-14/h3-12,17H,1-2H3. The molecule has 19 heavy (non-hydrogen) atoms. The van der Waals surface area contributed by atoms with Crippen LogP contribution in [0, 0.1) is 0 Å². The van der Waals surface area contributed by atoms with Gasteiger partial charge in [0.05, 0.1) is 0 Å². The van der Waals surface area contributed by atoms with E-state index >= 15 is 0 Å². The Bertz CT molecular complexity index is 487. The van der Waals surface area contributed by atoms with Crippen LogP contribution in [0.4, 0.5) is 0 Å². The number of benzene rings is 2. The van der Waals surface area contributed by atoms with Crippen LogP contribution in [0.25, 0.3) is 0 Å². The molecule has 0 radical (unpaired) electrons. The third-order valence-electron chi connectivity index (χ3n) is 2.81. The van der Waals surface area contributed by atoms with Crippen LogP contribution in [0.5, 0.6) is 0 Å². The molecule has 0 bridgehead atoms. The predicted octanol–water partition coefficient (Wildman–Crippen LogP) is 3.01. The van der Waals surface area contributed by atoms with Crippen molar-refractivity contribution >= 4 is 47.6 Å². The second kappa shape index (κ2) is 5.81. The van der Waals surface area contributed by atoms with Crippen LogP contribution in [0.1, 0.15) is 0 Å². The zero-order valence-electron chi connectivity index (χ0n) is 11.0. The third-order valence-corrected chi connectivity index (χ3v) is 11.8. The van der Waals surface area contributed by atoms with Crippen LogP contribution in [0.2, 0.25) is 13.1 Å². The lowest BCUT2D eigenvalue weighted by Gasteiger charge is -2.32. The molecule has 0 aliphatic rings. The molecule has 0 unspecified atom stereocenters. The molecule has 0 aliphatic carbocycles. The lowest BCUT2D eigenvalue weighted by atomic mass is 10.4. The Morgan fingerprint density at radius 3 is 1.42 bits per heavy atom. The van der Waals surface area contributed by atoms with Gasteiger partial charge in [0.2, 0.25) is 7.55 Å². The Morgan fingerprint density at radius 1 is 0.737 bits per heavy atom. The van der Waals surface area contributed by atoms with Crippen molar-refractivity contribution in [3.8, 4) is 0 Å². The molecule has 0 aromatic heterocycles. The van der Waals surface area contributed by atoms with Gasteiger partial charge in [-0.1, -0.05) is 60.7 Å². The summed E-state index contributed by atoms with van der Waals surface area (Å²) in [6.07, 6.45) is 0. The zero-order chi connectivity index (χ0) is 13.9. The highest BCUT2D eigenvalue weighted by Gasteiger charge is 2.40. The normalized spacial score (nSPS) is 12.4. The van der Waals surface area contributed by atoms with Crippen LogP contribution >= 0.6 is 22.2 Å². The molecule has 0 atom stereocenters. The molecule has 2 aromatic rings. The molecule has 1 nitrogen and oxygen atoms in total. The average Bonchev–Trinajstić information content (AvgIpc) is 2.39. The Balaban J connectivity index is 2.51. The van der Waals surface area contributed by atoms with Gasteiger partial charge in [-0.05, 0) is 23.5 Å². The van der Waals surface area contributed by atoms with Crippen molar-refractivity contribution in [2.24, 2.45) is 0 Å². The van der Waals surface area contributed by atoms with Gasteiger partial charge in [0.15, 0.2) is 0 Å². The van der Waals surface area contributed by atoms with E-state index < -0.39 is 15.1 Å². The quantitative estimate of drug-likeness (QED) is 0.673. The third kappa shape index (κ3) is 3.71. The van der Waals surface area contributed by atoms with Gasteiger partial charge in [-0.25, -0.2) is 0 Å². The zero-order valence-corrected chi connectivity index (χ0v) is 14.5. The van der Waals surface area contributed by atoms with E-state index in [4.69, 9.17) is 22.2 Å². The molecular weight excluding hydrogens is 309 g/mol. The van der Waals surface area contributed by atoms with Crippen LogP contribution in [-0.2, 0) is 0 Å². The molecule has 0 heterocycles. The highest BCUT2D eigenvalue weighted by atomic mass is 35.6. The molecule has 0 fully saturated rings. The van der Waals surface area contributed by atoms with Crippen molar-refractivity contribution in [1.29, 1.82) is 0 Å². The highest BCUT2D eigenvalue weighted by Crippen LogP contribution is 2.13. The summed E-state index contributed by atoms with van der Waals surface area (Å²) < 4.78 is 3.57. The average molecular weight is 326 g/mol. The molecule has 2 rings (SSSR count). The monoisotopic (exact) mass is 325 g/mol. The molecule has 0 amide bonds. The van der Waals surface area contributed by atoms with Crippen molar-refractivity contribution in [3.05, 3.63) is 60.7 Å². The van der Waals surface area contributed by atoms with E-state index in [0.29, 0.717) is 0 Å². The van der Waals surface area contributed by atoms with E-state index in [-0.39, 0.29) is 0 Å². The predicted molar refractivity (Wildman–Crippen MR) is 90.2 cm³/mol. The highest BCUT2D eigenvalue weighted by molar-refractivity contribution is 7.38. The van der Waals surface area contributed by atoms with E-state index in [1.165, 1.54) is 0 Å². The summed E-state index contributed by atoms with van der Waals surface area (Å²) in [5.41, 5.74) is 0. The van der Waals surface area contributed by atoms with Crippen LogP contribution in [0.15, 0.2) is 60.7 Å². The molecule has 0 saturated carbocycles. The SMILES string of the molecule is C[Si](C)(Cl)N[Si](Cl)(c1ccccc1)c1ccccc1. The number of nitrogens with one attached hydrogen (secondary N) is 1. The van der Waals surface area contributed by atoms with Gasteiger partial charge in [-0.15, -0.1) is 22.2 Å². The first kappa shape index (κ1) is 14.8. The fraction of sp³-hybridized carbons (Fsp3) is 0.143. The van der Waals surface area contributed by atoms with Crippen molar-refractivity contribution in [2.45, 2.75) is 13.1 Å². The van der Waals surface area contributed by atoms with Crippen LogP contribution < -0.4 is 15.0 Å². The van der Waals surface area contributed by atoms with E-state index in [1.807, 2.05) is 36.4 Å². The lowest BCUT2D eigenvalue weighted by molar-refractivity contribution is 1.43. The summed E-state index contributed by atoms with van der Waals surface area (Å²) in [4.78, 5) is 0. The van der Waals surface area contributed by atoms with Crippen molar-refractivity contribution in [2.75, 3.05) is 0 Å². The maximum absolute atomic E-state index is 7.05. The maximum atomic E-state index is 7.05. The van der Waals surface area contributed by atoms with Crippen molar-refractivity contribution < 1.29 is 0 Å². The van der Waals surface area contributed by atoms with E-state index in [1.54, 1.807) is 0 Å². The molecule has 5 heteroatoms. The molecule has 0 aliphatic heterocycles. The fourth-order valence-electron chi connectivity index (χ4n) is 2.06. The van der Waals surface area contributed by atoms with Gasteiger partial charge < -0.3 is 4.65 Å². The van der Waals surface area contributed by atoms with Gasteiger partial charge in [0.1, 0.15) is 0 Å². The molecule has 0 spiro atoms. The van der Waals surface area contributed by atoms with Gasteiger partial charge in [0.25, 0.3) is 7.55 Å². The first-order valence-electron chi connectivity index (χ1n) is 6.20. The summed E-state index contributed by atoms with van der Waals surface area (Å²) in [7, 11) is -4.49. The topological polar surface area (TPSA) is 12.0 Å². The minimum atomic E-state index is -2.49. The van der Waals surface area contributed by atoms with Gasteiger partial charge in [0, 0.05) is 0 Å². The molecule has 100 valence electrons. The van der Waals surface area contributed by atoms with Crippen molar-refractivity contribution in [3.63, 3.8) is 0 Å².